The van der Waals surface area contributed by atoms with Crippen molar-refractivity contribution >= 4 is 0 Å². The Morgan fingerprint density at radius 2 is 2.14 bits per heavy atom. The van der Waals surface area contributed by atoms with E-state index in [1.807, 2.05) is 0 Å². The monoisotopic (exact) mass is 184 g/mol. The molecule has 0 heteroatoms. The Morgan fingerprint density at radius 1 is 1.43 bits per heavy atom. The van der Waals surface area contributed by atoms with Gasteiger partial charge >= 0.3 is 0 Å². The smallest absolute Gasteiger partial charge is 0.0561 e. The summed E-state index contributed by atoms with van der Waals surface area (Å²) in [5.74, 6) is 2.94. The molecule has 0 aromatic heterocycles. The SMILES string of the molecule is C#CC1(c2ccc(C)c(CC)c2)CC1. The molecule has 0 aliphatic heterocycles. The fraction of sp³-hybridized carbons (Fsp3) is 0.429. The van der Waals surface area contributed by atoms with Gasteiger partial charge in [0.05, 0.1) is 5.41 Å². The molecule has 0 spiro atoms. The highest BCUT2D eigenvalue weighted by atomic mass is 14.4. The second-order valence-electron chi connectivity index (χ2n) is 4.22. The maximum absolute atomic E-state index is 5.58. The summed E-state index contributed by atoms with van der Waals surface area (Å²) in [5, 5.41) is 0. The van der Waals surface area contributed by atoms with Crippen LogP contribution in [0.25, 0.3) is 0 Å². The van der Waals surface area contributed by atoms with E-state index in [9.17, 15) is 0 Å². The molecule has 1 saturated carbocycles. The molecule has 0 saturated heterocycles. The molecule has 14 heavy (non-hydrogen) atoms. The fourth-order valence-corrected chi connectivity index (χ4v) is 1.99. The topological polar surface area (TPSA) is 0 Å². The standard InChI is InChI=1S/C14H16/c1-4-12-10-13(7-6-11(12)3)14(5-2)8-9-14/h2,6-7,10H,4,8-9H2,1,3H3. The van der Waals surface area contributed by atoms with Crippen molar-refractivity contribution in [3.8, 4) is 12.3 Å². The normalized spacial score (nSPS) is 17.5. The summed E-state index contributed by atoms with van der Waals surface area (Å²) in [7, 11) is 0. The molecule has 1 fully saturated rings. The van der Waals surface area contributed by atoms with Gasteiger partial charge in [0.25, 0.3) is 0 Å². The van der Waals surface area contributed by atoms with Crippen molar-refractivity contribution in [3.05, 3.63) is 34.9 Å². The van der Waals surface area contributed by atoms with Gasteiger partial charge in [-0.2, -0.15) is 0 Å². The maximum atomic E-state index is 5.58. The minimum absolute atomic E-state index is 0.0949. The molecule has 0 amide bonds. The lowest BCUT2D eigenvalue weighted by molar-refractivity contribution is 0.920. The van der Waals surface area contributed by atoms with Crippen molar-refractivity contribution < 1.29 is 0 Å². The minimum Gasteiger partial charge on any atom is -0.119 e. The fourth-order valence-electron chi connectivity index (χ4n) is 1.99. The number of benzene rings is 1. The lowest BCUT2D eigenvalue weighted by Gasteiger charge is -2.11. The summed E-state index contributed by atoms with van der Waals surface area (Å²) < 4.78 is 0. The highest BCUT2D eigenvalue weighted by Gasteiger charge is 2.42. The Balaban J connectivity index is 2.42. The summed E-state index contributed by atoms with van der Waals surface area (Å²) in [6.07, 6.45) is 9.00. The van der Waals surface area contributed by atoms with Crippen LogP contribution < -0.4 is 0 Å². The van der Waals surface area contributed by atoms with Crippen LogP contribution in [0.15, 0.2) is 18.2 Å². The van der Waals surface area contributed by atoms with Crippen molar-refractivity contribution in [3.63, 3.8) is 0 Å². The first-order chi connectivity index (χ1) is 6.72. The lowest BCUT2D eigenvalue weighted by Crippen LogP contribution is -2.03. The number of hydrogen-bond donors (Lipinski definition) is 0. The third-order valence-corrected chi connectivity index (χ3v) is 3.31. The van der Waals surface area contributed by atoms with Crippen LogP contribution in [-0.2, 0) is 11.8 Å². The Bertz CT molecular complexity index is 389. The summed E-state index contributed by atoms with van der Waals surface area (Å²) in [6, 6.07) is 6.69. The van der Waals surface area contributed by atoms with Crippen LogP contribution in [0.4, 0.5) is 0 Å². The zero-order chi connectivity index (χ0) is 10.2. The van der Waals surface area contributed by atoms with Crippen LogP contribution in [0, 0.1) is 19.3 Å². The zero-order valence-electron chi connectivity index (χ0n) is 8.93. The van der Waals surface area contributed by atoms with Crippen molar-refractivity contribution in [2.75, 3.05) is 0 Å². The predicted octanol–water partition coefficient (Wildman–Crippen LogP) is 3.22. The Kier molecular flexibility index (Phi) is 2.11. The molecular formula is C14H16. The van der Waals surface area contributed by atoms with E-state index in [0.717, 1.165) is 19.3 Å². The number of aryl methyl sites for hydroxylation is 2. The minimum atomic E-state index is 0.0949. The average Bonchev–Trinajstić information content (AvgIpc) is 2.99. The van der Waals surface area contributed by atoms with Gasteiger partial charge in [0.1, 0.15) is 0 Å². The Labute approximate surface area is 86.3 Å². The Morgan fingerprint density at radius 3 is 2.64 bits per heavy atom. The van der Waals surface area contributed by atoms with Gasteiger partial charge in [0.15, 0.2) is 0 Å². The molecule has 72 valence electrons. The van der Waals surface area contributed by atoms with Crippen LogP contribution in [0.1, 0.15) is 36.5 Å². The molecule has 0 nitrogen and oxygen atoms in total. The highest BCUT2D eigenvalue weighted by molar-refractivity contribution is 5.44. The van der Waals surface area contributed by atoms with Crippen LogP contribution in [-0.4, -0.2) is 0 Å². The van der Waals surface area contributed by atoms with E-state index in [4.69, 9.17) is 6.42 Å². The van der Waals surface area contributed by atoms with E-state index in [-0.39, 0.29) is 5.41 Å². The van der Waals surface area contributed by atoms with Crippen molar-refractivity contribution in [2.24, 2.45) is 0 Å². The third-order valence-electron chi connectivity index (χ3n) is 3.31. The second kappa shape index (κ2) is 3.17. The largest absolute Gasteiger partial charge is 0.119 e. The third kappa shape index (κ3) is 1.34. The second-order valence-corrected chi connectivity index (χ2v) is 4.22. The van der Waals surface area contributed by atoms with Crippen LogP contribution in [0.3, 0.4) is 0 Å². The molecule has 0 radical (unpaired) electrons. The first-order valence-corrected chi connectivity index (χ1v) is 5.29. The summed E-state index contributed by atoms with van der Waals surface area (Å²) in [5.41, 5.74) is 4.26. The molecule has 1 aliphatic rings. The lowest BCUT2D eigenvalue weighted by atomic mass is 9.92. The first kappa shape index (κ1) is 9.34. The average molecular weight is 184 g/mol. The van der Waals surface area contributed by atoms with Gasteiger partial charge in [-0.1, -0.05) is 31.0 Å². The molecule has 1 aromatic carbocycles. The van der Waals surface area contributed by atoms with Crippen molar-refractivity contribution in [1.82, 2.24) is 0 Å². The molecule has 0 atom stereocenters. The van der Waals surface area contributed by atoms with E-state index < -0.39 is 0 Å². The molecule has 0 bridgehead atoms. The van der Waals surface area contributed by atoms with Gasteiger partial charge in [-0.05, 0) is 42.9 Å². The summed E-state index contributed by atoms with van der Waals surface area (Å²) in [6.45, 7) is 4.36. The van der Waals surface area contributed by atoms with E-state index in [1.54, 1.807) is 0 Å². The van der Waals surface area contributed by atoms with Crippen LogP contribution in [0.5, 0.6) is 0 Å². The number of rotatable bonds is 2. The molecule has 0 heterocycles. The molecule has 0 unspecified atom stereocenters. The molecule has 2 rings (SSSR count). The van der Waals surface area contributed by atoms with Crippen LogP contribution >= 0.6 is 0 Å². The quantitative estimate of drug-likeness (QED) is 0.619. The van der Waals surface area contributed by atoms with Gasteiger partial charge in [-0.3, -0.25) is 0 Å². The molecular weight excluding hydrogens is 168 g/mol. The first-order valence-electron chi connectivity index (χ1n) is 5.29. The molecule has 1 aromatic rings. The van der Waals surface area contributed by atoms with E-state index in [2.05, 4.69) is 38.0 Å². The van der Waals surface area contributed by atoms with Gasteiger partial charge in [0.2, 0.25) is 0 Å². The predicted molar refractivity (Wildman–Crippen MR) is 60.3 cm³/mol. The summed E-state index contributed by atoms with van der Waals surface area (Å²) >= 11 is 0. The molecule has 1 aliphatic carbocycles. The number of hydrogen-bond acceptors (Lipinski definition) is 0. The van der Waals surface area contributed by atoms with Gasteiger partial charge in [-0.25, -0.2) is 0 Å². The van der Waals surface area contributed by atoms with Crippen molar-refractivity contribution in [2.45, 2.75) is 38.5 Å². The number of terminal acetylenes is 1. The zero-order valence-corrected chi connectivity index (χ0v) is 8.93. The Hall–Kier alpha value is -1.22. The van der Waals surface area contributed by atoms with Gasteiger partial charge < -0.3 is 0 Å². The van der Waals surface area contributed by atoms with E-state index in [1.165, 1.54) is 16.7 Å². The maximum Gasteiger partial charge on any atom is 0.0561 e. The molecule has 0 N–H and O–H groups in total. The van der Waals surface area contributed by atoms with Crippen molar-refractivity contribution in [1.29, 1.82) is 0 Å². The highest BCUT2D eigenvalue weighted by Crippen LogP contribution is 2.47. The van der Waals surface area contributed by atoms with Gasteiger partial charge in [-0.15, -0.1) is 6.42 Å². The van der Waals surface area contributed by atoms with Gasteiger partial charge in [0, 0.05) is 0 Å². The van der Waals surface area contributed by atoms with Crippen LogP contribution in [0.2, 0.25) is 0 Å². The van der Waals surface area contributed by atoms with E-state index >= 15 is 0 Å². The summed E-state index contributed by atoms with van der Waals surface area (Å²) in [4.78, 5) is 0. The van der Waals surface area contributed by atoms with E-state index in [0.29, 0.717) is 0 Å².